The zero-order valence-electron chi connectivity index (χ0n) is 13.3. The van der Waals surface area contributed by atoms with Crippen LogP contribution in [0.15, 0.2) is 42.5 Å². The van der Waals surface area contributed by atoms with Gasteiger partial charge in [0.2, 0.25) is 5.91 Å². The number of anilines is 2. The fourth-order valence-electron chi connectivity index (χ4n) is 2.52. The first-order valence-electron chi connectivity index (χ1n) is 7.56. The Labute approximate surface area is 142 Å². The summed E-state index contributed by atoms with van der Waals surface area (Å²) in [7, 11) is 0. The molecule has 25 heavy (non-hydrogen) atoms. The third-order valence-corrected chi connectivity index (χ3v) is 3.80. The molecule has 1 heterocycles. The Bertz CT molecular complexity index is 865. The minimum Gasteiger partial charge on any atom is -0.423 e. The molecule has 8 heteroatoms. The first kappa shape index (κ1) is 16.4. The van der Waals surface area contributed by atoms with Gasteiger partial charge >= 0.3 is 5.97 Å². The van der Waals surface area contributed by atoms with Gasteiger partial charge in [-0.2, -0.15) is 0 Å². The molecule has 1 amide bonds. The highest BCUT2D eigenvalue weighted by Gasteiger charge is 2.29. The lowest BCUT2D eigenvalue weighted by molar-refractivity contribution is -0.384. The highest BCUT2D eigenvalue weighted by atomic mass is 16.6. The number of non-ortho nitro benzene ring substituents is 1. The normalized spacial score (nSPS) is 15.6. The van der Waals surface area contributed by atoms with Crippen LogP contribution in [0.25, 0.3) is 0 Å². The van der Waals surface area contributed by atoms with Crippen molar-refractivity contribution in [2.75, 3.05) is 10.6 Å². The summed E-state index contributed by atoms with van der Waals surface area (Å²) in [6.07, 6.45) is -0.121. The number of ether oxygens (including phenoxy) is 1. The van der Waals surface area contributed by atoms with Crippen molar-refractivity contribution < 1.29 is 19.2 Å². The van der Waals surface area contributed by atoms with Crippen LogP contribution in [0, 0.1) is 17.0 Å². The van der Waals surface area contributed by atoms with Gasteiger partial charge in [0.15, 0.2) is 5.75 Å². The van der Waals surface area contributed by atoms with Gasteiger partial charge in [0.25, 0.3) is 5.69 Å². The Morgan fingerprint density at radius 3 is 2.80 bits per heavy atom. The summed E-state index contributed by atoms with van der Waals surface area (Å²) in [4.78, 5) is 34.5. The molecule has 8 nitrogen and oxygen atoms in total. The quantitative estimate of drug-likeness (QED) is 0.383. The first-order valence-corrected chi connectivity index (χ1v) is 7.56. The Kier molecular flexibility index (Phi) is 4.34. The summed E-state index contributed by atoms with van der Waals surface area (Å²) in [5.74, 6) is -0.504. The van der Waals surface area contributed by atoms with Gasteiger partial charge in [-0.05, 0) is 30.7 Å². The molecule has 0 aromatic heterocycles. The maximum atomic E-state index is 12.2. The summed E-state index contributed by atoms with van der Waals surface area (Å²) < 4.78 is 5.20. The number of nitrogens with zero attached hydrogens (tertiary/aromatic N) is 1. The number of carbonyl (C=O) groups excluding carboxylic acids is 2. The number of hydrogen-bond acceptors (Lipinski definition) is 6. The van der Waals surface area contributed by atoms with Crippen molar-refractivity contribution in [3.05, 3.63) is 58.1 Å². The van der Waals surface area contributed by atoms with Crippen molar-refractivity contribution in [2.24, 2.45) is 0 Å². The second-order valence-corrected chi connectivity index (χ2v) is 5.62. The third kappa shape index (κ3) is 3.57. The molecule has 128 valence electrons. The molecule has 2 aromatic carbocycles. The zero-order chi connectivity index (χ0) is 18.0. The second-order valence-electron chi connectivity index (χ2n) is 5.62. The fraction of sp³-hybridized carbons (Fsp3) is 0.176. The van der Waals surface area contributed by atoms with Crippen LogP contribution in [-0.2, 0) is 9.59 Å². The van der Waals surface area contributed by atoms with Crippen molar-refractivity contribution in [1.82, 2.24) is 0 Å². The average Bonchev–Trinajstić information content (AvgIpc) is 2.57. The van der Waals surface area contributed by atoms with E-state index in [4.69, 9.17) is 4.74 Å². The maximum absolute atomic E-state index is 12.2. The van der Waals surface area contributed by atoms with Crippen molar-refractivity contribution in [3.8, 4) is 5.75 Å². The number of nitrogens with one attached hydrogen (secondary N) is 2. The molecule has 0 spiro atoms. The SMILES string of the molecule is Cc1cc([N+](=O)[O-])ccc1NC(=O)C[C@H]1Nc2ccccc2OC1=O. The molecule has 0 aliphatic carbocycles. The number of esters is 1. The predicted molar refractivity (Wildman–Crippen MR) is 90.6 cm³/mol. The van der Waals surface area contributed by atoms with Crippen LogP contribution in [0.5, 0.6) is 5.75 Å². The second kappa shape index (κ2) is 6.60. The molecule has 1 aliphatic heterocycles. The first-order chi connectivity index (χ1) is 11.9. The van der Waals surface area contributed by atoms with E-state index in [0.29, 0.717) is 22.7 Å². The van der Waals surface area contributed by atoms with E-state index in [1.807, 2.05) is 0 Å². The van der Waals surface area contributed by atoms with E-state index < -0.39 is 22.8 Å². The summed E-state index contributed by atoms with van der Waals surface area (Å²) >= 11 is 0. The molecule has 2 aromatic rings. The van der Waals surface area contributed by atoms with E-state index in [1.54, 1.807) is 31.2 Å². The van der Waals surface area contributed by atoms with Gasteiger partial charge in [-0.1, -0.05) is 12.1 Å². The van der Waals surface area contributed by atoms with Crippen molar-refractivity contribution >= 4 is 28.9 Å². The monoisotopic (exact) mass is 341 g/mol. The Morgan fingerprint density at radius 1 is 1.32 bits per heavy atom. The number of para-hydroxylation sites is 2. The topological polar surface area (TPSA) is 111 Å². The van der Waals surface area contributed by atoms with Crippen LogP contribution < -0.4 is 15.4 Å². The lowest BCUT2D eigenvalue weighted by Gasteiger charge is -2.25. The van der Waals surface area contributed by atoms with E-state index in [-0.39, 0.29) is 12.1 Å². The van der Waals surface area contributed by atoms with Gasteiger partial charge in [0, 0.05) is 17.8 Å². The van der Waals surface area contributed by atoms with Crippen LogP contribution in [0.1, 0.15) is 12.0 Å². The summed E-state index contributed by atoms with van der Waals surface area (Å²) in [5, 5.41) is 16.4. The lowest BCUT2D eigenvalue weighted by Crippen LogP contribution is -2.39. The van der Waals surface area contributed by atoms with E-state index in [9.17, 15) is 19.7 Å². The number of fused-ring (bicyclic) bond motifs is 1. The number of amides is 1. The summed E-state index contributed by atoms with van der Waals surface area (Å²) in [5.41, 5.74) is 1.61. The number of nitro benzene ring substituents is 1. The highest BCUT2D eigenvalue weighted by molar-refractivity contribution is 5.97. The van der Waals surface area contributed by atoms with Crippen molar-refractivity contribution in [1.29, 1.82) is 0 Å². The van der Waals surface area contributed by atoms with Crippen molar-refractivity contribution in [3.63, 3.8) is 0 Å². The molecule has 0 radical (unpaired) electrons. The number of nitro groups is 1. The van der Waals surface area contributed by atoms with Crippen LogP contribution >= 0.6 is 0 Å². The Hall–Kier alpha value is -3.42. The summed E-state index contributed by atoms with van der Waals surface area (Å²) in [6, 6.07) is 10.3. The molecule has 0 fully saturated rings. The Balaban J connectivity index is 1.67. The zero-order valence-corrected chi connectivity index (χ0v) is 13.3. The van der Waals surface area contributed by atoms with Gasteiger partial charge < -0.3 is 15.4 Å². The number of hydrogen-bond donors (Lipinski definition) is 2. The number of rotatable bonds is 4. The van der Waals surface area contributed by atoms with Gasteiger partial charge in [-0.3, -0.25) is 14.9 Å². The average molecular weight is 341 g/mol. The number of benzene rings is 2. The van der Waals surface area contributed by atoms with Crippen LogP contribution in [0.3, 0.4) is 0 Å². The van der Waals surface area contributed by atoms with Gasteiger partial charge in [0.1, 0.15) is 6.04 Å². The third-order valence-electron chi connectivity index (χ3n) is 3.80. The minimum atomic E-state index is -0.798. The molecule has 1 aliphatic rings. The smallest absolute Gasteiger partial charge is 0.334 e. The van der Waals surface area contributed by atoms with Gasteiger partial charge in [-0.15, -0.1) is 0 Å². The lowest BCUT2D eigenvalue weighted by atomic mass is 10.1. The number of carbonyl (C=O) groups is 2. The molecular weight excluding hydrogens is 326 g/mol. The van der Waals surface area contributed by atoms with Crippen molar-refractivity contribution in [2.45, 2.75) is 19.4 Å². The van der Waals surface area contributed by atoms with E-state index in [0.717, 1.165) is 0 Å². The largest absolute Gasteiger partial charge is 0.423 e. The van der Waals surface area contributed by atoms with Crippen LogP contribution in [-0.4, -0.2) is 22.8 Å². The molecule has 2 N–H and O–H groups in total. The van der Waals surface area contributed by atoms with E-state index in [2.05, 4.69) is 10.6 Å². The number of aryl methyl sites for hydroxylation is 1. The molecule has 0 saturated heterocycles. The molecule has 1 atom stereocenters. The van der Waals surface area contributed by atoms with E-state index >= 15 is 0 Å². The Morgan fingerprint density at radius 2 is 2.08 bits per heavy atom. The fourth-order valence-corrected chi connectivity index (χ4v) is 2.52. The molecule has 3 rings (SSSR count). The molecular formula is C17H15N3O5. The van der Waals surface area contributed by atoms with E-state index in [1.165, 1.54) is 18.2 Å². The molecule has 0 bridgehead atoms. The standard InChI is InChI=1S/C17H15N3O5/c1-10-8-11(20(23)24)6-7-12(10)19-16(21)9-14-17(22)25-15-5-3-2-4-13(15)18-14/h2-8,14,18H,9H2,1H3,(H,19,21)/t14-/m1/s1. The van der Waals surface area contributed by atoms with Gasteiger partial charge in [-0.25, -0.2) is 4.79 Å². The van der Waals surface area contributed by atoms with Crippen LogP contribution in [0.2, 0.25) is 0 Å². The van der Waals surface area contributed by atoms with Crippen LogP contribution in [0.4, 0.5) is 17.1 Å². The van der Waals surface area contributed by atoms with Gasteiger partial charge in [0.05, 0.1) is 17.0 Å². The highest BCUT2D eigenvalue weighted by Crippen LogP contribution is 2.29. The minimum absolute atomic E-state index is 0.0513. The maximum Gasteiger partial charge on any atom is 0.334 e. The predicted octanol–water partition coefficient (Wildman–Crippen LogP) is 2.63. The molecule has 0 unspecified atom stereocenters. The molecule has 0 saturated carbocycles. The summed E-state index contributed by atoms with van der Waals surface area (Å²) in [6.45, 7) is 1.66.